The van der Waals surface area contributed by atoms with Crippen LogP contribution in [0.3, 0.4) is 0 Å². The summed E-state index contributed by atoms with van der Waals surface area (Å²) in [6.07, 6.45) is 0.796. The number of benzene rings is 2. The monoisotopic (exact) mass is 364 g/mol. The number of carbonyl (C=O) groups excluding carboxylic acids is 2. The first kappa shape index (κ1) is 18.3. The molecular weight excluding hydrogens is 347 g/mol. The molecular formula is C18H18Cl2N2O2. The highest BCUT2D eigenvalue weighted by Crippen LogP contribution is 2.22. The van der Waals surface area contributed by atoms with Crippen molar-refractivity contribution in [3.05, 3.63) is 63.6 Å². The number of hydrogen-bond donors (Lipinski definition) is 2. The average molecular weight is 365 g/mol. The molecule has 0 heterocycles. The maximum atomic E-state index is 12.1. The van der Waals surface area contributed by atoms with Gasteiger partial charge in [0.25, 0.3) is 5.91 Å². The fourth-order valence-electron chi connectivity index (χ4n) is 2.20. The van der Waals surface area contributed by atoms with E-state index in [2.05, 4.69) is 10.6 Å². The van der Waals surface area contributed by atoms with Crippen molar-refractivity contribution in [2.75, 3.05) is 11.9 Å². The third-order valence-electron chi connectivity index (χ3n) is 3.38. The first-order valence-electron chi connectivity index (χ1n) is 7.61. The van der Waals surface area contributed by atoms with Crippen LogP contribution in [-0.4, -0.2) is 18.4 Å². The zero-order valence-corrected chi connectivity index (χ0v) is 14.7. The molecule has 4 nitrogen and oxygen atoms in total. The van der Waals surface area contributed by atoms with E-state index < -0.39 is 0 Å². The van der Waals surface area contributed by atoms with Crippen LogP contribution in [0, 0.1) is 0 Å². The molecule has 0 radical (unpaired) electrons. The second-order valence-corrected chi connectivity index (χ2v) is 6.07. The Bertz CT molecular complexity index is 748. The van der Waals surface area contributed by atoms with Gasteiger partial charge in [0.2, 0.25) is 5.91 Å². The topological polar surface area (TPSA) is 58.2 Å². The van der Waals surface area contributed by atoms with Gasteiger partial charge in [0, 0.05) is 34.3 Å². The molecule has 2 aromatic rings. The molecule has 2 amide bonds. The molecule has 0 aliphatic heterocycles. The average Bonchev–Trinajstić information content (AvgIpc) is 2.54. The molecule has 2 aromatic carbocycles. The van der Waals surface area contributed by atoms with Crippen molar-refractivity contribution < 1.29 is 9.59 Å². The minimum atomic E-state index is -0.165. The summed E-state index contributed by atoms with van der Waals surface area (Å²) in [6.45, 7) is 2.41. The Morgan fingerprint density at radius 1 is 1.08 bits per heavy atom. The highest BCUT2D eigenvalue weighted by Gasteiger charge is 2.09. The van der Waals surface area contributed by atoms with Gasteiger partial charge in [0.15, 0.2) is 0 Å². The summed E-state index contributed by atoms with van der Waals surface area (Å²) in [5.74, 6) is -0.310. The number of amides is 2. The number of halogens is 2. The number of hydrogen-bond acceptors (Lipinski definition) is 2. The molecule has 0 spiro atoms. The molecule has 2 N–H and O–H groups in total. The van der Waals surface area contributed by atoms with E-state index in [9.17, 15) is 9.59 Å². The Labute approximate surface area is 151 Å². The molecule has 24 heavy (non-hydrogen) atoms. The first-order valence-corrected chi connectivity index (χ1v) is 8.37. The van der Waals surface area contributed by atoms with E-state index in [1.54, 1.807) is 36.4 Å². The van der Waals surface area contributed by atoms with Crippen molar-refractivity contribution in [1.29, 1.82) is 0 Å². The summed E-state index contributed by atoms with van der Waals surface area (Å²) in [5, 5.41) is 6.63. The molecule has 0 atom stereocenters. The van der Waals surface area contributed by atoms with Crippen molar-refractivity contribution in [2.24, 2.45) is 0 Å². The zero-order chi connectivity index (χ0) is 17.5. The van der Waals surface area contributed by atoms with E-state index in [1.165, 1.54) is 0 Å². The lowest BCUT2D eigenvalue weighted by molar-refractivity contribution is -0.116. The van der Waals surface area contributed by atoms with Crippen molar-refractivity contribution >= 4 is 40.7 Å². The van der Waals surface area contributed by atoms with Crippen molar-refractivity contribution in [3.63, 3.8) is 0 Å². The van der Waals surface area contributed by atoms with Gasteiger partial charge in [-0.15, -0.1) is 0 Å². The second kappa shape index (κ2) is 8.71. The molecule has 126 valence electrons. The summed E-state index contributed by atoms with van der Waals surface area (Å²) >= 11 is 12.0. The molecule has 0 fully saturated rings. The van der Waals surface area contributed by atoms with Crippen molar-refractivity contribution in [1.82, 2.24) is 5.32 Å². The lowest BCUT2D eigenvalue weighted by atomic mass is 10.1. The van der Waals surface area contributed by atoms with Gasteiger partial charge in [-0.3, -0.25) is 9.59 Å². The third kappa shape index (κ3) is 5.25. The minimum absolute atomic E-state index is 0.144. The smallest absolute Gasteiger partial charge is 0.251 e. The Kier molecular flexibility index (Phi) is 6.64. The van der Waals surface area contributed by atoms with Crippen LogP contribution < -0.4 is 10.6 Å². The maximum Gasteiger partial charge on any atom is 0.251 e. The molecule has 0 bridgehead atoms. The van der Waals surface area contributed by atoms with Gasteiger partial charge in [0.1, 0.15) is 0 Å². The second-order valence-electron chi connectivity index (χ2n) is 5.22. The van der Waals surface area contributed by atoms with E-state index in [0.717, 1.165) is 5.56 Å². The third-order valence-corrected chi connectivity index (χ3v) is 3.97. The summed E-state index contributed by atoms with van der Waals surface area (Å²) < 4.78 is 0. The number of anilines is 1. The highest BCUT2D eigenvalue weighted by molar-refractivity contribution is 6.35. The van der Waals surface area contributed by atoms with Crippen LogP contribution in [0.2, 0.25) is 10.0 Å². The number of nitrogens with one attached hydrogen (secondary N) is 2. The van der Waals surface area contributed by atoms with Crippen LogP contribution in [-0.2, 0) is 11.2 Å². The Hall–Kier alpha value is -2.04. The van der Waals surface area contributed by atoms with E-state index in [-0.39, 0.29) is 18.2 Å². The van der Waals surface area contributed by atoms with Crippen LogP contribution in [0.1, 0.15) is 29.3 Å². The van der Waals surface area contributed by atoms with Gasteiger partial charge < -0.3 is 10.6 Å². The highest BCUT2D eigenvalue weighted by atomic mass is 35.5. The van der Waals surface area contributed by atoms with E-state index in [0.29, 0.717) is 34.3 Å². The fourth-order valence-corrected chi connectivity index (χ4v) is 2.70. The summed E-state index contributed by atoms with van der Waals surface area (Å²) in [4.78, 5) is 23.9. The fraction of sp³-hybridized carbons (Fsp3) is 0.222. The summed E-state index contributed by atoms with van der Waals surface area (Å²) in [5.41, 5.74) is 1.97. The molecule has 0 aliphatic carbocycles. The maximum absolute atomic E-state index is 12.1. The van der Waals surface area contributed by atoms with Gasteiger partial charge in [-0.05, 0) is 49.2 Å². The summed E-state index contributed by atoms with van der Waals surface area (Å²) in [7, 11) is 0. The lowest BCUT2D eigenvalue weighted by Crippen LogP contribution is -2.22. The molecule has 2 rings (SSSR count). The zero-order valence-electron chi connectivity index (χ0n) is 13.2. The largest absolute Gasteiger partial charge is 0.352 e. The Balaban J connectivity index is 1.95. The summed E-state index contributed by atoms with van der Waals surface area (Å²) in [6, 6.07) is 12.1. The molecule has 0 aromatic heterocycles. The van der Waals surface area contributed by atoms with Gasteiger partial charge in [-0.25, -0.2) is 0 Å². The molecule has 0 saturated heterocycles. The SMILES string of the molecule is CCNC(=O)c1cccc(NC(=O)CCc2ccc(Cl)cc2Cl)c1. The lowest BCUT2D eigenvalue weighted by Gasteiger charge is -2.08. The number of carbonyl (C=O) groups is 2. The predicted octanol–water partition coefficient (Wildman–Crippen LogP) is 4.31. The molecule has 0 unspecified atom stereocenters. The van der Waals surface area contributed by atoms with Crippen molar-refractivity contribution in [2.45, 2.75) is 19.8 Å². The van der Waals surface area contributed by atoms with E-state index in [4.69, 9.17) is 23.2 Å². The Morgan fingerprint density at radius 3 is 2.58 bits per heavy atom. The van der Waals surface area contributed by atoms with Crippen LogP contribution in [0.15, 0.2) is 42.5 Å². The number of aryl methyl sites for hydroxylation is 1. The standard InChI is InChI=1S/C18H18Cl2N2O2/c1-2-21-18(24)13-4-3-5-15(10-13)22-17(23)9-7-12-6-8-14(19)11-16(12)20/h3-6,8,10-11H,2,7,9H2,1H3,(H,21,24)(H,22,23). The molecule has 0 aliphatic rings. The molecule has 6 heteroatoms. The van der Waals surface area contributed by atoms with E-state index in [1.807, 2.05) is 13.0 Å². The van der Waals surface area contributed by atoms with Crippen LogP contribution >= 0.6 is 23.2 Å². The van der Waals surface area contributed by atoms with Gasteiger partial charge >= 0.3 is 0 Å². The van der Waals surface area contributed by atoms with Crippen molar-refractivity contribution in [3.8, 4) is 0 Å². The van der Waals surface area contributed by atoms with Gasteiger partial charge in [0.05, 0.1) is 0 Å². The number of rotatable bonds is 6. The van der Waals surface area contributed by atoms with E-state index >= 15 is 0 Å². The van der Waals surface area contributed by atoms with Crippen LogP contribution in [0.5, 0.6) is 0 Å². The normalized spacial score (nSPS) is 10.3. The predicted molar refractivity (Wildman–Crippen MR) is 97.9 cm³/mol. The first-order chi connectivity index (χ1) is 11.5. The van der Waals surface area contributed by atoms with Crippen LogP contribution in [0.25, 0.3) is 0 Å². The Morgan fingerprint density at radius 2 is 1.88 bits per heavy atom. The quantitative estimate of drug-likeness (QED) is 0.801. The minimum Gasteiger partial charge on any atom is -0.352 e. The van der Waals surface area contributed by atoms with Gasteiger partial charge in [-0.1, -0.05) is 35.3 Å². The molecule has 0 saturated carbocycles. The van der Waals surface area contributed by atoms with Gasteiger partial charge in [-0.2, -0.15) is 0 Å². The van der Waals surface area contributed by atoms with Crippen LogP contribution in [0.4, 0.5) is 5.69 Å².